The molecule has 0 atom stereocenters. The van der Waals surface area contributed by atoms with E-state index in [1.54, 1.807) is 0 Å². The third-order valence-corrected chi connectivity index (χ3v) is 14.0. The molecule has 0 saturated heterocycles. The molecule has 0 fully saturated rings. The van der Waals surface area contributed by atoms with Crippen LogP contribution in [0.25, 0.3) is 77.2 Å². The predicted molar refractivity (Wildman–Crippen MR) is 280 cm³/mol. The zero-order valence-electron chi connectivity index (χ0n) is 36.7. The molecule has 0 N–H and O–H groups in total. The molecule has 1 aromatic heterocycles. The first-order valence-corrected chi connectivity index (χ1v) is 23.1. The fourth-order valence-electron chi connectivity index (χ4n) is 10.8. The van der Waals surface area contributed by atoms with Gasteiger partial charge in [-0.25, -0.2) is 0 Å². The van der Waals surface area contributed by atoms with Gasteiger partial charge in [-0.2, -0.15) is 0 Å². The van der Waals surface area contributed by atoms with E-state index < -0.39 is 5.41 Å². The van der Waals surface area contributed by atoms with Crippen molar-refractivity contribution in [2.75, 3.05) is 4.90 Å². The zero-order chi connectivity index (χ0) is 44.3. The van der Waals surface area contributed by atoms with Gasteiger partial charge in [0.05, 0.1) is 5.41 Å². The van der Waals surface area contributed by atoms with Crippen LogP contribution < -0.4 is 4.90 Å². The van der Waals surface area contributed by atoms with Gasteiger partial charge in [0.1, 0.15) is 11.2 Å². The first-order chi connectivity index (χ1) is 33.2. The summed E-state index contributed by atoms with van der Waals surface area (Å²) in [7, 11) is 0. The number of rotatable bonds is 8. The quantitative estimate of drug-likeness (QED) is 0.151. The van der Waals surface area contributed by atoms with Crippen molar-refractivity contribution in [3.63, 3.8) is 0 Å². The number of fused-ring (bicyclic) bond motifs is 8. The van der Waals surface area contributed by atoms with Crippen LogP contribution in [0.5, 0.6) is 0 Å². The SMILES string of the molecule is c1ccc(N(c2ccc(-c3ccc(-c4ccc5oc6ccc7ccccc7c6c5c4)cc3)cc2)c2ccc(-c3ccc4c(c3)C(c3ccccc3)(c3ccccc3)c3ccccc3-4)cc2)cc1. The highest BCUT2D eigenvalue weighted by atomic mass is 16.3. The minimum Gasteiger partial charge on any atom is -0.456 e. The Morgan fingerprint density at radius 1 is 0.299 bits per heavy atom. The number of anilines is 3. The fourth-order valence-corrected chi connectivity index (χ4v) is 10.8. The lowest BCUT2D eigenvalue weighted by molar-refractivity contribution is 0.669. The molecule has 0 bridgehead atoms. The first kappa shape index (κ1) is 38.7. The molecule has 12 aromatic rings. The van der Waals surface area contributed by atoms with Gasteiger partial charge < -0.3 is 9.32 Å². The van der Waals surface area contributed by atoms with Crippen LogP contribution in [-0.4, -0.2) is 0 Å². The van der Waals surface area contributed by atoms with E-state index in [4.69, 9.17) is 4.42 Å². The Kier molecular flexibility index (Phi) is 9.11. The van der Waals surface area contributed by atoms with Crippen molar-refractivity contribution in [1.82, 2.24) is 0 Å². The van der Waals surface area contributed by atoms with Crippen molar-refractivity contribution in [3.8, 4) is 44.5 Å². The molecule has 2 nitrogen and oxygen atoms in total. The molecule has 0 unspecified atom stereocenters. The highest BCUT2D eigenvalue weighted by Crippen LogP contribution is 2.56. The molecule has 0 radical (unpaired) electrons. The monoisotopic (exact) mass is 853 g/mol. The molecule has 0 amide bonds. The Bertz CT molecular complexity index is 3720. The van der Waals surface area contributed by atoms with E-state index in [1.807, 2.05) is 0 Å². The van der Waals surface area contributed by atoms with E-state index in [0.717, 1.165) is 33.6 Å². The third-order valence-electron chi connectivity index (χ3n) is 14.0. The van der Waals surface area contributed by atoms with Crippen molar-refractivity contribution < 1.29 is 4.42 Å². The minimum atomic E-state index is -0.440. The van der Waals surface area contributed by atoms with Gasteiger partial charge in [-0.05, 0) is 138 Å². The first-order valence-electron chi connectivity index (χ1n) is 23.1. The topological polar surface area (TPSA) is 16.4 Å². The highest BCUT2D eigenvalue weighted by Gasteiger charge is 2.46. The van der Waals surface area contributed by atoms with Gasteiger partial charge in [0.2, 0.25) is 0 Å². The number of hydrogen-bond donors (Lipinski definition) is 0. The second kappa shape index (κ2) is 15.8. The summed E-state index contributed by atoms with van der Waals surface area (Å²) in [5.74, 6) is 0. The zero-order valence-corrected chi connectivity index (χ0v) is 36.7. The molecule has 1 heterocycles. The molecule has 13 rings (SSSR count). The lowest BCUT2D eigenvalue weighted by Gasteiger charge is -2.34. The molecule has 1 aliphatic carbocycles. The summed E-state index contributed by atoms with van der Waals surface area (Å²) in [5, 5.41) is 4.75. The van der Waals surface area contributed by atoms with Crippen LogP contribution in [0, 0.1) is 0 Å². The van der Waals surface area contributed by atoms with Crippen LogP contribution in [-0.2, 0) is 5.41 Å². The maximum atomic E-state index is 6.29. The predicted octanol–water partition coefficient (Wildman–Crippen LogP) is 17.6. The average molecular weight is 854 g/mol. The Morgan fingerprint density at radius 2 is 0.761 bits per heavy atom. The van der Waals surface area contributed by atoms with Crippen molar-refractivity contribution in [2.45, 2.75) is 5.41 Å². The van der Waals surface area contributed by atoms with E-state index >= 15 is 0 Å². The van der Waals surface area contributed by atoms with Gasteiger partial charge >= 0.3 is 0 Å². The van der Waals surface area contributed by atoms with Crippen molar-refractivity contribution >= 4 is 49.8 Å². The molecule has 0 saturated carbocycles. The lowest BCUT2D eigenvalue weighted by Crippen LogP contribution is -2.28. The summed E-state index contributed by atoms with van der Waals surface area (Å²) in [6.45, 7) is 0. The number of hydrogen-bond acceptors (Lipinski definition) is 2. The molecule has 11 aromatic carbocycles. The third kappa shape index (κ3) is 6.33. The fraction of sp³-hybridized carbons (Fsp3) is 0.0154. The smallest absolute Gasteiger partial charge is 0.136 e. The van der Waals surface area contributed by atoms with Crippen molar-refractivity contribution in [3.05, 3.63) is 283 Å². The number of benzene rings is 11. The Hall–Kier alpha value is -8.72. The molecular weight excluding hydrogens is 811 g/mol. The van der Waals surface area contributed by atoms with E-state index in [9.17, 15) is 0 Å². The maximum absolute atomic E-state index is 6.29. The summed E-state index contributed by atoms with van der Waals surface area (Å²) < 4.78 is 6.29. The van der Waals surface area contributed by atoms with E-state index in [1.165, 1.54) is 82.9 Å². The Morgan fingerprint density at radius 3 is 1.42 bits per heavy atom. The number of furan rings is 1. The summed E-state index contributed by atoms with van der Waals surface area (Å²) in [5.41, 5.74) is 19.5. The Labute approximate surface area is 390 Å². The second-order valence-electron chi connectivity index (χ2n) is 17.6. The molecule has 2 heteroatoms. The largest absolute Gasteiger partial charge is 0.456 e. The summed E-state index contributed by atoms with van der Waals surface area (Å²) in [4.78, 5) is 2.34. The van der Waals surface area contributed by atoms with Crippen LogP contribution in [0.4, 0.5) is 17.1 Å². The standard InChI is InChI=1S/C65H43NO/c1-4-15-51(16-5-1)65(52-17-6-2-7-18-52)60-23-13-12-22-57(60)58-39-32-50(43-61(58)65)47-30-37-55(38-31-47)66(53-19-8-3-9-20-53)54-35-28-45(29-36-54)44-24-26-46(27-25-44)49-34-40-62-59(42-49)64-56-21-11-10-14-48(56)33-41-63(64)67-62/h1-43H. The van der Waals surface area contributed by atoms with E-state index in [2.05, 4.69) is 266 Å². The lowest BCUT2D eigenvalue weighted by atomic mass is 9.67. The van der Waals surface area contributed by atoms with Gasteiger partial charge in [-0.15, -0.1) is 0 Å². The molecule has 67 heavy (non-hydrogen) atoms. The van der Waals surface area contributed by atoms with E-state index in [-0.39, 0.29) is 0 Å². The van der Waals surface area contributed by atoms with Crippen molar-refractivity contribution in [2.24, 2.45) is 0 Å². The summed E-state index contributed by atoms with van der Waals surface area (Å²) >= 11 is 0. The average Bonchev–Trinajstić information content (AvgIpc) is 3.94. The molecule has 0 spiro atoms. The molecule has 0 aliphatic heterocycles. The van der Waals surface area contributed by atoms with Crippen LogP contribution in [0.1, 0.15) is 22.3 Å². The highest BCUT2D eigenvalue weighted by molar-refractivity contribution is 6.19. The van der Waals surface area contributed by atoms with Crippen LogP contribution >= 0.6 is 0 Å². The second-order valence-corrected chi connectivity index (χ2v) is 17.6. The normalized spacial score (nSPS) is 12.6. The maximum Gasteiger partial charge on any atom is 0.136 e. The summed E-state index contributed by atoms with van der Waals surface area (Å²) in [6.07, 6.45) is 0. The van der Waals surface area contributed by atoms with Gasteiger partial charge in [0.15, 0.2) is 0 Å². The van der Waals surface area contributed by atoms with Gasteiger partial charge in [0, 0.05) is 27.8 Å². The number of para-hydroxylation sites is 1. The molecule has 314 valence electrons. The minimum absolute atomic E-state index is 0.440. The Balaban J connectivity index is 0.820. The summed E-state index contributed by atoms with van der Waals surface area (Å²) in [6, 6.07) is 94.9. The van der Waals surface area contributed by atoms with Gasteiger partial charge in [0.25, 0.3) is 0 Å². The molecular formula is C65H43NO. The van der Waals surface area contributed by atoms with Crippen LogP contribution in [0.2, 0.25) is 0 Å². The van der Waals surface area contributed by atoms with Crippen LogP contribution in [0.3, 0.4) is 0 Å². The van der Waals surface area contributed by atoms with Gasteiger partial charge in [-0.3, -0.25) is 0 Å². The number of nitrogens with zero attached hydrogens (tertiary/aromatic N) is 1. The van der Waals surface area contributed by atoms with E-state index in [0.29, 0.717) is 0 Å². The van der Waals surface area contributed by atoms with Crippen molar-refractivity contribution in [1.29, 1.82) is 0 Å². The van der Waals surface area contributed by atoms with Crippen LogP contribution in [0.15, 0.2) is 265 Å². The molecule has 1 aliphatic rings. The van der Waals surface area contributed by atoms with Gasteiger partial charge in [-0.1, -0.05) is 200 Å².